The van der Waals surface area contributed by atoms with Gasteiger partial charge in [0, 0.05) is 17.0 Å². The number of carbonyl (C=O) groups is 1. The van der Waals surface area contributed by atoms with Crippen LogP contribution in [-0.2, 0) is 17.1 Å². The van der Waals surface area contributed by atoms with Crippen LogP contribution in [0, 0.1) is 19.7 Å². The van der Waals surface area contributed by atoms with Gasteiger partial charge < -0.3 is 9.67 Å². The number of aliphatic carboxylic acids is 1. The summed E-state index contributed by atoms with van der Waals surface area (Å²) in [5, 5.41) is 9.36. The minimum atomic E-state index is -1.00. The molecule has 1 N–H and O–H groups in total. The van der Waals surface area contributed by atoms with Gasteiger partial charge in [-0.25, -0.2) is 4.39 Å². The van der Waals surface area contributed by atoms with Crippen molar-refractivity contribution >= 4 is 17.7 Å². The molecule has 0 aliphatic heterocycles. The summed E-state index contributed by atoms with van der Waals surface area (Å²) in [4.78, 5) is 26.8. The van der Waals surface area contributed by atoms with E-state index in [-0.39, 0.29) is 17.9 Å². The van der Waals surface area contributed by atoms with Crippen LogP contribution < -0.4 is 5.56 Å². The second-order valence-electron chi connectivity index (χ2n) is 4.80. The fraction of sp³-hybridized carbons (Fsp3) is 0.267. The third kappa shape index (κ3) is 3.73. The van der Waals surface area contributed by atoms with Gasteiger partial charge in [0.1, 0.15) is 12.4 Å². The molecule has 0 atom stereocenters. The zero-order valence-electron chi connectivity index (χ0n) is 12.2. The Morgan fingerprint density at radius 2 is 1.95 bits per heavy atom. The maximum Gasteiger partial charge on any atom is 0.323 e. The molecule has 5 nitrogen and oxygen atoms in total. The minimum absolute atomic E-state index is 0.258. The maximum absolute atomic E-state index is 12.9. The molecule has 0 unspecified atom stereocenters. The van der Waals surface area contributed by atoms with Crippen molar-refractivity contribution < 1.29 is 14.3 Å². The van der Waals surface area contributed by atoms with Crippen molar-refractivity contribution in [3.8, 4) is 0 Å². The Balaban J connectivity index is 2.30. The maximum atomic E-state index is 12.9. The molecular formula is C15H15FN2O3S. The molecule has 0 aliphatic rings. The summed E-state index contributed by atoms with van der Waals surface area (Å²) >= 11 is 1.25. The van der Waals surface area contributed by atoms with Gasteiger partial charge in [0.2, 0.25) is 0 Å². The molecule has 0 spiro atoms. The largest absolute Gasteiger partial charge is 0.480 e. The Kier molecular flexibility index (Phi) is 4.97. The molecule has 1 aromatic heterocycles. The molecule has 1 aromatic carbocycles. The lowest BCUT2D eigenvalue weighted by molar-refractivity contribution is -0.137. The average Bonchev–Trinajstić information content (AvgIpc) is 2.47. The van der Waals surface area contributed by atoms with E-state index in [1.807, 2.05) is 0 Å². The number of rotatable bonds is 5. The van der Waals surface area contributed by atoms with Crippen LogP contribution in [-0.4, -0.2) is 20.6 Å². The highest BCUT2D eigenvalue weighted by Crippen LogP contribution is 2.22. The highest BCUT2D eigenvalue weighted by molar-refractivity contribution is 7.98. The molecule has 22 heavy (non-hydrogen) atoms. The quantitative estimate of drug-likeness (QED) is 0.676. The number of nitrogens with zero attached hydrogens (tertiary/aromatic N) is 2. The van der Waals surface area contributed by atoms with E-state index in [9.17, 15) is 14.0 Å². The van der Waals surface area contributed by atoms with Gasteiger partial charge in [0.15, 0.2) is 5.16 Å². The summed E-state index contributed by atoms with van der Waals surface area (Å²) in [6.07, 6.45) is 0. The van der Waals surface area contributed by atoms with E-state index in [1.54, 1.807) is 26.0 Å². The van der Waals surface area contributed by atoms with E-state index in [2.05, 4.69) is 4.98 Å². The molecule has 0 bridgehead atoms. The van der Waals surface area contributed by atoms with Crippen LogP contribution in [0.25, 0.3) is 0 Å². The highest BCUT2D eigenvalue weighted by atomic mass is 32.2. The van der Waals surface area contributed by atoms with Crippen LogP contribution in [0.3, 0.4) is 0 Å². The van der Waals surface area contributed by atoms with Crippen molar-refractivity contribution in [2.45, 2.75) is 31.3 Å². The van der Waals surface area contributed by atoms with Gasteiger partial charge in [-0.3, -0.25) is 9.59 Å². The number of thioether (sulfide) groups is 1. The van der Waals surface area contributed by atoms with E-state index >= 15 is 0 Å². The normalized spacial score (nSPS) is 10.7. The van der Waals surface area contributed by atoms with E-state index in [0.29, 0.717) is 22.2 Å². The van der Waals surface area contributed by atoms with E-state index in [0.717, 1.165) is 5.56 Å². The Bertz CT molecular complexity index is 757. The van der Waals surface area contributed by atoms with Crippen LogP contribution in [0.1, 0.15) is 16.8 Å². The van der Waals surface area contributed by atoms with Crippen molar-refractivity contribution in [2.24, 2.45) is 0 Å². The number of hydrogen-bond donors (Lipinski definition) is 1. The summed E-state index contributed by atoms with van der Waals surface area (Å²) in [5.74, 6) is -0.855. The van der Waals surface area contributed by atoms with Gasteiger partial charge >= 0.3 is 5.97 Å². The Labute approximate surface area is 130 Å². The fourth-order valence-corrected chi connectivity index (χ4v) is 2.88. The van der Waals surface area contributed by atoms with E-state index < -0.39 is 5.97 Å². The number of aromatic nitrogens is 2. The summed E-state index contributed by atoms with van der Waals surface area (Å²) in [6, 6.07) is 5.99. The Morgan fingerprint density at radius 1 is 1.32 bits per heavy atom. The Morgan fingerprint density at radius 3 is 2.55 bits per heavy atom. The molecule has 116 valence electrons. The topological polar surface area (TPSA) is 72.2 Å². The van der Waals surface area contributed by atoms with Crippen molar-refractivity contribution in [2.75, 3.05) is 0 Å². The standard InChI is InChI=1S/C15H15FN2O3S/c1-9-10(2)18(7-13(19)20)15(17-14(9)21)22-8-11-3-5-12(16)6-4-11/h3-6H,7-8H2,1-2H3,(H,19,20). The first-order chi connectivity index (χ1) is 10.4. The van der Waals surface area contributed by atoms with E-state index in [4.69, 9.17) is 5.11 Å². The number of carboxylic acids is 1. The molecule has 0 saturated heterocycles. The predicted molar refractivity (Wildman–Crippen MR) is 81.6 cm³/mol. The van der Waals surface area contributed by atoms with E-state index in [1.165, 1.54) is 28.5 Å². The SMILES string of the molecule is Cc1c(C)n(CC(=O)O)c(SCc2ccc(F)cc2)nc1=O. The summed E-state index contributed by atoms with van der Waals surface area (Å²) in [6.45, 7) is 3.06. The number of carboxylic acid groups (broad SMARTS) is 1. The van der Waals surface area contributed by atoms with Crippen molar-refractivity contribution in [1.82, 2.24) is 9.55 Å². The van der Waals surface area contributed by atoms with Gasteiger partial charge in [-0.15, -0.1) is 0 Å². The lowest BCUT2D eigenvalue weighted by Gasteiger charge is -2.15. The molecular weight excluding hydrogens is 307 g/mol. The number of hydrogen-bond acceptors (Lipinski definition) is 4. The zero-order valence-corrected chi connectivity index (χ0v) is 13.0. The first-order valence-electron chi connectivity index (χ1n) is 6.55. The molecule has 2 aromatic rings. The molecule has 0 aliphatic carbocycles. The zero-order chi connectivity index (χ0) is 16.3. The highest BCUT2D eigenvalue weighted by Gasteiger charge is 2.14. The molecule has 0 radical (unpaired) electrons. The molecule has 1 heterocycles. The van der Waals surface area contributed by atoms with Gasteiger partial charge in [-0.2, -0.15) is 4.98 Å². The van der Waals surface area contributed by atoms with Gasteiger partial charge in [0.25, 0.3) is 5.56 Å². The third-order valence-electron chi connectivity index (χ3n) is 3.27. The lowest BCUT2D eigenvalue weighted by Crippen LogP contribution is -2.23. The van der Waals surface area contributed by atoms with Crippen LogP contribution in [0.4, 0.5) is 4.39 Å². The van der Waals surface area contributed by atoms with Gasteiger partial charge in [-0.1, -0.05) is 23.9 Å². The Hall–Kier alpha value is -2.15. The van der Waals surface area contributed by atoms with Crippen molar-refractivity contribution in [3.63, 3.8) is 0 Å². The van der Waals surface area contributed by atoms with Gasteiger partial charge in [0.05, 0.1) is 0 Å². The predicted octanol–water partition coefficient (Wildman–Crippen LogP) is 2.38. The lowest BCUT2D eigenvalue weighted by atomic mass is 10.2. The summed E-state index contributed by atoms with van der Waals surface area (Å²) in [7, 11) is 0. The monoisotopic (exact) mass is 322 g/mol. The smallest absolute Gasteiger partial charge is 0.323 e. The van der Waals surface area contributed by atoms with Crippen molar-refractivity contribution in [3.05, 3.63) is 57.3 Å². The van der Waals surface area contributed by atoms with Crippen LogP contribution >= 0.6 is 11.8 Å². The second-order valence-corrected chi connectivity index (χ2v) is 5.75. The van der Waals surface area contributed by atoms with Crippen LogP contribution in [0.2, 0.25) is 0 Å². The number of halogens is 1. The molecule has 7 heteroatoms. The number of benzene rings is 1. The minimum Gasteiger partial charge on any atom is -0.480 e. The molecule has 0 amide bonds. The first kappa shape index (κ1) is 16.2. The van der Waals surface area contributed by atoms with Gasteiger partial charge in [-0.05, 0) is 31.5 Å². The first-order valence-corrected chi connectivity index (χ1v) is 7.54. The van der Waals surface area contributed by atoms with Crippen LogP contribution in [0.5, 0.6) is 0 Å². The molecule has 2 rings (SSSR count). The summed E-state index contributed by atoms with van der Waals surface area (Å²) in [5.41, 5.74) is 1.53. The van der Waals surface area contributed by atoms with Crippen LogP contribution in [0.15, 0.2) is 34.2 Å². The molecule has 0 fully saturated rings. The summed E-state index contributed by atoms with van der Waals surface area (Å²) < 4.78 is 14.4. The second kappa shape index (κ2) is 6.74. The average molecular weight is 322 g/mol. The third-order valence-corrected chi connectivity index (χ3v) is 4.32. The van der Waals surface area contributed by atoms with Crippen molar-refractivity contribution in [1.29, 1.82) is 0 Å². The molecule has 0 saturated carbocycles. The fourth-order valence-electron chi connectivity index (χ4n) is 1.89.